The number of aliphatic hydroxyl groups excluding tert-OH is 2. The van der Waals surface area contributed by atoms with Gasteiger partial charge in [0.15, 0.2) is 11.9 Å². The molecular formula is C67H101N21O16. The van der Waals surface area contributed by atoms with Crippen molar-refractivity contribution in [1.29, 1.82) is 0 Å². The lowest BCUT2D eigenvalue weighted by atomic mass is 9.98. The zero-order valence-electron chi connectivity index (χ0n) is 58.5. The second-order valence-corrected chi connectivity index (χ2v) is 24.6. The van der Waals surface area contributed by atoms with Crippen molar-refractivity contribution in [1.82, 2.24) is 63.8 Å². The van der Waals surface area contributed by atoms with E-state index in [0.717, 1.165) is 22.3 Å². The number of nitrogens with two attached hydrogens (primary N) is 7. The Labute approximate surface area is 601 Å². The second-order valence-electron chi connectivity index (χ2n) is 24.6. The first-order chi connectivity index (χ1) is 49.6. The minimum absolute atomic E-state index is 0.00556. The number of aliphatic imine (C=N–C) groups is 2. The Bertz CT molecular complexity index is 3420. The Morgan fingerprint density at radius 3 is 1.37 bits per heavy atom. The Morgan fingerprint density at radius 1 is 0.442 bits per heavy atom. The van der Waals surface area contributed by atoms with Crippen molar-refractivity contribution < 1.29 is 77.3 Å². The lowest BCUT2D eigenvalue weighted by Gasteiger charge is -2.26. The number of fused-ring (bicyclic) bond motifs is 3. The van der Waals surface area contributed by atoms with E-state index in [1.54, 1.807) is 30.3 Å². The summed E-state index contributed by atoms with van der Waals surface area (Å²) in [5.74, 6) is -11.8. The predicted octanol–water partition coefficient (Wildman–Crippen LogP) is -6.37. The van der Waals surface area contributed by atoms with Crippen LogP contribution in [0.25, 0.3) is 11.1 Å². The van der Waals surface area contributed by atoms with Gasteiger partial charge < -0.3 is 119 Å². The normalized spacial score (nSPS) is 14.2. The van der Waals surface area contributed by atoms with Gasteiger partial charge in [-0.3, -0.25) is 67.5 Å². The monoisotopic (exact) mass is 1460 g/mol. The minimum Gasteiger partial charge on any atom is -0.449 e. The number of guanidine groups is 2. The molecule has 0 spiro atoms. The third-order valence-electron chi connectivity index (χ3n) is 16.3. The molecule has 4 rings (SSSR count). The number of aliphatic hydroxyl groups is 2. The number of alkyl carbamates (subject to hydrolysis) is 1. The number of hydrogen-bond acceptors (Lipinski definition) is 20. The van der Waals surface area contributed by atoms with Crippen LogP contribution in [0.1, 0.15) is 108 Å². The molecule has 0 heterocycles. The highest BCUT2D eigenvalue weighted by molar-refractivity contribution is 5.99. The molecular weight excluding hydrogens is 1350 g/mol. The summed E-state index contributed by atoms with van der Waals surface area (Å²) in [5.41, 5.74) is 43.3. The second kappa shape index (κ2) is 45.0. The summed E-state index contributed by atoms with van der Waals surface area (Å²) in [6.07, 6.45) is -0.866. The zero-order chi connectivity index (χ0) is 76.8. The number of amides is 13. The lowest BCUT2D eigenvalue weighted by molar-refractivity contribution is -0.136. The van der Waals surface area contributed by atoms with Crippen LogP contribution in [0.3, 0.4) is 0 Å². The maximum Gasteiger partial charge on any atom is 0.407 e. The van der Waals surface area contributed by atoms with Gasteiger partial charge in [0.25, 0.3) is 0 Å². The molecule has 0 radical (unpaired) electrons. The van der Waals surface area contributed by atoms with E-state index in [-0.39, 0.29) is 95.4 Å². The fourth-order valence-electron chi connectivity index (χ4n) is 10.7. The Hall–Kier alpha value is -11.0. The molecule has 3 aromatic carbocycles. The fourth-order valence-corrected chi connectivity index (χ4v) is 10.7. The van der Waals surface area contributed by atoms with Gasteiger partial charge in [-0.15, -0.1) is 0 Å². The Kier molecular flexibility index (Phi) is 37.0. The van der Waals surface area contributed by atoms with Crippen molar-refractivity contribution in [3.8, 4) is 11.1 Å². The largest absolute Gasteiger partial charge is 0.449 e. The highest BCUT2D eigenvalue weighted by atomic mass is 16.5. The van der Waals surface area contributed by atoms with Gasteiger partial charge in [0.05, 0.1) is 25.8 Å². The number of nitrogens with one attached hydrogen (secondary N) is 12. The first-order valence-electron chi connectivity index (χ1n) is 34.0. The summed E-state index contributed by atoms with van der Waals surface area (Å²) in [6, 6.07) is 10.9. The molecule has 0 unspecified atom stereocenters. The fraction of sp³-hybridized carbons (Fsp3) is 0.507. The number of nitrogens with zero attached hydrogens (tertiary/aromatic N) is 2. The maximum atomic E-state index is 14.2. The summed E-state index contributed by atoms with van der Waals surface area (Å²) in [6.45, 7) is 1.16. The van der Waals surface area contributed by atoms with E-state index in [0.29, 0.717) is 31.4 Å². The summed E-state index contributed by atoms with van der Waals surface area (Å²) >= 11 is 0. The molecule has 0 bridgehead atoms. The Morgan fingerprint density at radius 2 is 0.865 bits per heavy atom. The summed E-state index contributed by atoms with van der Waals surface area (Å²) in [7, 11) is 0. The van der Waals surface area contributed by atoms with Gasteiger partial charge in [-0.1, -0.05) is 78.9 Å². The SMILES string of the molecule is C[C@H](NC(=O)CNC(=O)[C@@H](NC(=O)[C@H](Cc1ccccc1)NC(=O)CNC(=O)CNC(=O)OCC1c2ccccc2-c2ccccc21)[C@@H](C)O)C(=O)N[C@@H](CCCN=C(N)N)C(=O)N[C@@H](CCCCN)C(=O)N[C@@H](CO)C(=O)N[C@@H](C)C(=O)N[C@@H](CCCN=C(N)N)C(=O)N[C@@H](CCCCN)C(N)=O. The van der Waals surface area contributed by atoms with E-state index >= 15 is 0 Å². The minimum atomic E-state index is -1.73. The van der Waals surface area contributed by atoms with Gasteiger partial charge >= 0.3 is 6.09 Å². The molecule has 13 amide bonds. The molecule has 570 valence electrons. The van der Waals surface area contributed by atoms with Gasteiger partial charge in [0, 0.05) is 25.4 Å². The van der Waals surface area contributed by atoms with Crippen molar-refractivity contribution in [2.45, 2.75) is 158 Å². The average Bonchev–Trinajstić information content (AvgIpc) is 1.62. The summed E-state index contributed by atoms with van der Waals surface area (Å²) < 4.78 is 5.48. The first kappa shape index (κ1) is 85.4. The van der Waals surface area contributed by atoms with E-state index < -0.39 is 164 Å². The molecule has 104 heavy (non-hydrogen) atoms. The van der Waals surface area contributed by atoms with Crippen molar-refractivity contribution >= 4 is 88.9 Å². The number of ether oxygens (including phenoxy) is 1. The number of carbonyl (C=O) groups excluding carboxylic acids is 13. The number of benzene rings is 3. The predicted molar refractivity (Wildman–Crippen MR) is 382 cm³/mol. The van der Waals surface area contributed by atoms with Crippen LogP contribution >= 0.6 is 0 Å². The van der Waals surface area contributed by atoms with E-state index in [2.05, 4.69) is 73.8 Å². The van der Waals surface area contributed by atoms with Gasteiger partial charge in [-0.05, 0) is 126 Å². The highest BCUT2D eigenvalue weighted by Crippen LogP contribution is 2.44. The van der Waals surface area contributed by atoms with Crippen LogP contribution in [0.5, 0.6) is 0 Å². The Balaban J connectivity index is 1.35. The van der Waals surface area contributed by atoms with Crippen LogP contribution in [0, 0.1) is 0 Å². The topological polar surface area (TPSA) is 623 Å². The number of rotatable bonds is 46. The third-order valence-corrected chi connectivity index (χ3v) is 16.3. The molecule has 37 nitrogen and oxygen atoms in total. The number of unbranched alkanes of at least 4 members (excludes halogenated alkanes) is 2. The molecule has 10 atom stereocenters. The molecule has 1 aliphatic carbocycles. The van der Waals surface area contributed by atoms with Gasteiger partial charge in [-0.2, -0.15) is 0 Å². The standard InChI is InChI=1S/C67H101N21O16/c1-37(80-53(92)34-78-64(102)55(39(3)90)88-62(100)50(31-40-17-5-4-6-18-40)82-54(93)33-77-52(91)32-79-67(103)104-36-45-43-21-9-7-19-41(43)42-20-8-10-22-44(42)45)57(95)84-49(26-16-30-76-66(73)74)60(98)86-47(24-12-14-28-69)61(99)87-51(35-89)63(101)81-38(2)58(96)85-48(25-15-29-75-65(71)72)59(97)83-46(56(70)94)23-11-13-27-68/h4-10,17-22,37-39,45-51,55,89-90H,11-16,23-36,68-69H2,1-3H3,(H2,70,94)(H,77,91)(H,78,102)(H,79,103)(H,80,92)(H,81,101)(H,82,93)(H,83,97)(H,84,95)(H,85,96)(H,86,98)(H,87,99)(H,88,100)(H4,71,72,75)(H4,73,74,76)/t37-,38-,39+,46-,47-,48-,49-,50-,51-,55-/m0/s1. The number of carbonyl (C=O) groups is 13. The summed E-state index contributed by atoms with van der Waals surface area (Å²) in [4.78, 5) is 182. The smallest absolute Gasteiger partial charge is 0.407 e. The quantitative estimate of drug-likeness (QED) is 0.0142. The maximum absolute atomic E-state index is 14.2. The molecule has 0 saturated heterocycles. The molecule has 0 saturated carbocycles. The number of hydrogen-bond donors (Lipinski definition) is 21. The van der Waals surface area contributed by atoms with Crippen molar-refractivity contribution in [3.05, 3.63) is 95.6 Å². The van der Waals surface area contributed by atoms with Crippen LogP contribution in [-0.2, 0) is 68.7 Å². The van der Waals surface area contributed by atoms with Crippen LogP contribution in [0.15, 0.2) is 88.8 Å². The van der Waals surface area contributed by atoms with Gasteiger partial charge in [0.1, 0.15) is 67.5 Å². The summed E-state index contributed by atoms with van der Waals surface area (Å²) in [5, 5.41) is 50.2. The highest BCUT2D eigenvalue weighted by Gasteiger charge is 2.35. The number of primary amides is 1. The molecule has 3 aromatic rings. The van der Waals surface area contributed by atoms with E-state index in [9.17, 15) is 72.5 Å². The lowest BCUT2D eigenvalue weighted by Crippen LogP contribution is -2.60. The van der Waals surface area contributed by atoms with Crippen LogP contribution < -0.4 is 104 Å². The van der Waals surface area contributed by atoms with E-state index in [1.165, 1.54) is 20.8 Å². The van der Waals surface area contributed by atoms with Crippen molar-refractivity contribution in [2.24, 2.45) is 50.1 Å². The van der Waals surface area contributed by atoms with Crippen LogP contribution in [0.2, 0.25) is 0 Å². The molecule has 0 aromatic heterocycles. The third kappa shape index (κ3) is 29.9. The molecule has 37 heteroatoms. The van der Waals surface area contributed by atoms with Crippen LogP contribution in [0.4, 0.5) is 4.79 Å². The van der Waals surface area contributed by atoms with Crippen LogP contribution in [-0.4, -0.2) is 219 Å². The molecule has 0 fully saturated rings. The molecule has 0 aliphatic heterocycles. The van der Waals surface area contributed by atoms with E-state index in [4.69, 9.17) is 44.9 Å². The van der Waals surface area contributed by atoms with Crippen molar-refractivity contribution in [2.75, 3.05) is 59.0 Å². The van der Waals surface area contributed by atoms with E-state index in [1.807, 2.05) is 48.5 Å². The average molecular weight is 1460 g/mol. The molecule has 28 N–H and O–H groups in total. The van der Waals surface area contributed by atoms with Crippen molar-refractivity contribution in [3.63, 3.8) is 0 Å². The molecule has 1 aliphatic rings. The first-order valence-corrected chi connectivity index (χ1v) is 34.0. The van der Waals surface area contributed by atoms with Gasteiger partial charge in [0.2, 0.25) is 70.9 Å². The van der Waals surface area contributed by atoms with Gasteiger partial charge in [-0.25, -0.2) is 4.79 Å². The zero-order valence-corrected chi connectivity index (χ0v) is 58.5.